The molecule has 0 amide bonds. The van der Waals surface area contributed by atoms with Gasteiger partial charge in [0, 0.05) is 13.2 Å². The first-order chi connectivity index (χ1) is 8.09. The summed E-state index contributed by atoms with van der Waals surface area (Å²) in [4.78, 5) is 6.40. The van der Waals surface area contributed by atoms with E-state index in [0.717, 1.165) is 37.1 Å². The van der Waals surface area contributed by atoms with E-state index in [1.54, 1.807) is 0 Å². The molecule has 0 spiro atoms. The van der Waals surface area contributed by atoms with E-state index in [-0.39, 0.29) is 12.1 Å². The topological polar surface area (TPSA) is 62.4 Å². The number of aliphatic hydroxyl groups is 1. The zero-order chi connectivity index (χ0) is 12.4. The Balaban J connectivity index is 2.20. The van der Waals surface area contributed by atoms with Crippen molar-refractivity contribution in [2.45, 2.75) is 44.8 Å². The number of hydrogen-bond donors (Lipinski definition) is 2. The standard InChI is InChI=1S/C13H21N3O/c1-9-7-10(14)13(15-8-9)16(2)11-5-3-4-6-12(11)17/h7-8,11-12,17H,3-6,14H2,1-2H3. The van der Waals surface area contributed by atoms with Crippen molar-refractivity contribution in [3.8, 4) is 0 Å². The Kier molecular flexibility index (Phi) is 3.52. The third-order valence-corrected chi connectivity index (χ3v) is 3.56. The second kappa shape index (κ2) is 4.92. The van der Waals surface area contributed by atoms with Gasteiger partial charge in [0.2, 0.25) is 0 Å². The lowest BCUT2D eigenvalue weighted by molar-refractivity contribution is 0.106. The van der Waals surface area contributed by atoms with Gasteiger partial charge in [-0.1, -0.05) is 12.8 Å². The minimum Gasteiger partial charge on any atom is -0.396 e. The van der Waals surface area contributed by atoms with Crippen molar-refractivity contribution >= 4 is 11.5 Å². The molecule has 0 saturated heterocycles. The second-order valence-electron chi connectivity index (χ2n) is 4.96. The molecule has 0 aromatic carbocycles. The summed E-state index contributed by atoms with van der Waals surface area (Å²) in [6.45, 7) is 1.97. The van der Waals surface area contributed by atoms with Gasteiger partial charge in [-0.2, -0.15) is 0 Å². The molecule has 1 aromatic heterocycles. The molecule has 1 saturated carbocycles. The Labute approximate surface area is 102 Å². The summed E-state index contributed by atoms with van der Waals surface area (Å²) in [6, 6.07) is 2.06. The minimum absolute atomic E-state index is 0.140. The monoisotopic (exact) mass is 235 g/mol. The zero-order valence-electron chi connectivity index (χ0n) is 10.6. The van der Waals surface area contributed by atoms with Gasteiger partial charge in [-0.15, -0.1) is 0 Å². The third kappa shape index (κ3) is 2.52. The summed E-state index contributed by atoms with van der Waals surface area (Å²) in [5, 5.41) is 10.0. The molecular weight excluding hydrogens is 214 g/mol. The molecule has 2 atom stereocenters. The van der Waals surface area contributed by atoms with Crippen molar-refractivity contribution in [1.82, 2.24) is 4.98 Å². The Morgan fingerprint density at radius 2 is 2.12 bits per heavy atom. The van der Waals surface area contributed by atoms with Gasteiger partial charge < -0.3 is 15.7 Å². The highest BCUT2D eigenvalue weighted by atomic mass is 16.3. The lowest BCUT2D eigenvalue weighted by Crippen LogP contribution is -2.44. The normalized spacial score (nSPS) is 24.6. The van der Waals surface area contributed by atoms with Gasteiger partial charge in [0.15, 0.2) is 5.82 Å². The summed E-state index contributed by atoms with van der Waals surface area (Å²) in [5.74, 6) is 0.779. The van der Waals surface area contributed by atoms with Gasteiger partial charge in [-0.3, -0.25) is 0 Å². The Morgan fingerprint density at radius 3 is 2.76 bits per heavy atom. The number of nitrogen functional groups attached to an aromatic ring is 1. The van der Waals surface area contributed by atoms with Gasteiger partial charge in [-0.05, 0) is 31.4 Å². The van der Waals surface area contributed by atoms with Gasteiger partial charge in [0.1, 0.15) is 0 Å². The molecule has 4 nitrogen and oxygen atoms in total. The first-order valence-electron chi connectivity index (χ1n) is 6.22. The minimum atomic E-state index is -0.267. The fraction of sp³-hybridized carbons (Fsp3) is 0.615. The molecule has 1 aromatic rings. The Morgan fingerprint density at radius 1 is 1.41 bits per heavy atom. The van der Waals surface area contributed by atoms with Crippen LogP contribution in [0.15, 0.2) is 12.3 Å². The van der Waals surface area contributed by atoms with E-state index < -0.39 is 0 Å². The SMILES string of the molecule is Cc1cnc(N(C)C2CCCCC2O)c(N)c1. The quantitative estimate of drug-likeness (QED) is 0.819. The highest BCUT2D eigenvalue weighted by Crippen LogP contribution is 2.28. The first-order valence-corrected chi connectivity index (χ1v) is 6.22. The molecule has 0 radical (unpaired) electrons. The second-order valence-corrected chi connectivity index (χ2v) is 4.96. The molecule has 17 heavy (non-hydrogen) atoms. The van der Waals surface area contributed by atoms with Gasteiger partial charge >= 0.3 is 0 Å². The van der Waals surface area contributed by atoms with Crippen LogP contribution in [0.1, 0.15) is 31.2 Å². The molecule has 1 aliphatic carbocycles. The molecule has 0 bridgehead atoms. The van der Waals surface area contributed by atoms with Crippen molar-refractivity contribution in [2.24, 2.45) is 0 Å². The van der Waals surface area contributed by atoms with Crippen molar-refractivity contribution in [3.63, 3.8) is 0 Å². The number of likely N-dealkylation sites (N-methyl/N-ethyl adjacent to an activating group) is 1. The predicted octanol–water partition coefficient (Wildman–Crippen LogP) is 1.71. The largest absolute Gasteiger partial charge is 0.396 e. The molecule has 2 rings (SSSR count). The summed E-state index contributed by atoms with van der Waals surface area (Å²) in [7, 11) is 1.97. The van der Waals surface area contributed by atoms with Crippen LogP contribution in [-0.4, -0.2) is 29.3 Å². The van der Waals surface area contributed by atoms with E-state index in [9.17, 15) is 5.11 Å². The summed E-state index contributed by atoms with van der Waals surface area (Å²) >= 11 is 0. The van der Waals surface area contributed by atoms with Crippen LogP contribution in [0.25, 0.3) is 0 Å². The number of nitrogens with two attached hydrogens (primary N) is 1. The number of aliphatic hydroxyl groups excluding tert-OH is 1. The van der Waals surface area contributed by atoms with Crippen LogP contribution in [-0.2, 0) is 0 Å². The van der Waals surface area contributed by atoms with Crippen LogP contribution in [0.2, 0.25) is 0 Å². The third-order valence-electron chi connectivity index (χ3n) is 3.56. The molecular formula is C13H21N3O. The molecule has 94 valence electrons. The number of hydrogen-bond acceptors (Lipinski definition) is 4. The van der Waals surface area contributed by atoms with Crippen molar-refractivity contribution in [3.05, 3.63) is 17.8 Å². The molecule has 1 fully saturated rings. The van der Waals surface area contributed by atoms with Crippen LogP contribution < -0.4 is 10.6 Å². The van der Waals surface area contributed by atoms with Crippen LogP contribution in [0.5, 0.6) is 0 Å². The maximum atomic E-state index is 10.0. The molecule has 0 aliphatic heterocycles. The average molecular weight is 235 g/mol. The number of anilines is 2. The number of aryl methyl sites for hydroxylation is 1. The van der Waals surface area contributed by atoms with E-state index in [0.29, 0.717) is 5.69 Å². The van der Waals surface area contributed by atoms with E-state index in [1.807, 2.05) is 31.1 Å². The van der Waals surface area contributed by atoms with E-state index in [1.165, 1.54) is 0 Å². The predicted molar refractivity (Wildman–Crippen MR) is 70.1 cm³/mol. The fourth-order valence-electron chi connectivity index (χ4n) is 2.58. The first kappa shape index (κ1) is 12.2. The Bertz CT molecular complexity index is 394. The summed E-state index contributed by atoms with van der Waals surface area (Å²) in [6.07, 6.45) is 5.71. The molecule has 1 heterocycles. The molecule has 4 heteroatoms. The van der Waals surface area contributed by atoms with E-state index in [4.69, 9.17) is 5.73 Å². The van der Waals surface area contributed by atoms with Crippen LogP contribution >= 0.6 is 0 Å². The van der Waals surface area contributed by atoms with Crippen molar-refractivity contribution in [1.29, 1.82) is 0 Å². The van der Waals surface area contributed by atoms with Gasteiger partial charge in [-0.25, -0.2) is 4.98 Å². The van der Waals surface area contributed by atoms with Gasteiger partial charge in [0.25, 0.3) is 0 Å². The van der Waals surface area contributed by atoms with Crippen LogP contribution in [0.4, 0.5) is 11.5 Å². The molecule has 2 unspecified atom stereocenters. The number of pyridine rings is 1. The summed E-state index contributed by atoms with van der Waals surface area (Å²) < 4.78 is 0. The maximum absolute atomic E-state index is 10.0. The zero-order valence-corrected chi connectivity index (χ0v) is 10.6. The Hall–Kier alpha value is -1.29. The van der Waals surface area contributed by atoms with E-state index in [2.05, 4.69) is 4.98 Å². The number of nitrogens with zero attached hydrogens (tertiary/aromatic N) is 2. The molecule has 1 aliphatic rings. The van der Waals surface area contributed by atoms with Crippen LogP contribution in [0, 0.1) is 6.92 Å². The van der Waals surface area contributed by atoms with Crippen molar-refractivity contribution in [2.75, 3.05) is 17.7 Å². The van der Waals surface area contributed by atoms with Crippen LogP contribution in [0.3, 0.4) is 0 Å². The average Bonchev–Trinajstić information content (AvgIpc) is 2.29. The molecule has 3 N–H and O–H groups in total. The number of aromatic nitrogens is 1. The van der Waals surface area contributed by atoms with E-state index >= 15 is 0 Å². The summed E-state index contributed by atoms with van der Waals surface area (Å²) in [5.41, 5.74) is 7.73. The smallest absolute Gasteiger partial charge is 0.151 e. The maximum Gasteiger partial charge on any atom is 0.151 e. The highest BCUT2D eigenvalue weighted by molar-refractivity contribution is 5.63. The lowest BCUT2D eigenvalue weighted by atomic mass is 9.91. The number of rotatable bonds is 2. The highest BCUT2D eigenvalue weighted by Gasteiger charge is 2.28. The van der Waals surface area contributed by atoms with Crippen molar-refractivity contribution < 1.29 is 5.11 Å². The van der Waals surface area contributed by atoms with Gasteiger partial charge in [0.05, 0.1) is 17.8 Å². The lowest BCUT2D eigenvalue weighted by Gasteiger charge is -2.36. The fourth-order valence-corrected chi connectivity index (χ4v) is 2.58.